The standard InChI is InChI=1S/C8H18N/c1-5-7(9)8(3,4)6-2/h7H,2,5-6,9H2,1,3-4H3. The Labute approximate surface area is 58.6 Å². The zero-order chi connectivity index (χ0) is 7.49. The second-order valence-corrected chi connectivity index (χ2v) is 3.25. The predicted octanol–water partition coefficient (Wildman–Crippen LogP) is 1.97. The molecule has 0 aliphatic heterocycles. The van der Waals surface area contributed by atoms with E-state index in [9.17, 15) is 0 Å². The lowest BCUT2D eigenvalue weighted by atomic mass is 9.81. The fraction of sp³-hybridized carbons (Fsp3) is 0.875. The van der Waals surface area contributed by atoms with Crippen LogP contribution in [0.5, 0.6) is 0 Å². The maximum Gasteiger partial charge on any atom is 0.00876 e. The Morgan fingerprint density at radius 3 is 2.11 bits per heavy atom. The minimum Gasteiger partial charge on any atom is -0.327 e. The van der Waals surface area contributed by atoms with Crippen LogP contribution in [0.2, 0.25) is 0 Å². The fourth-order valence-corrected chi connectivity index (χ4v) is 0.738. The SMILES string of the molecule is [CH2]CC(C)(C)C(N)CC. The second-order valence-electron chi connectivity index (χ2n) is 3.25. The molecule has 2 N–H and O–H groups in total. The molecule has 1 nitrogen and oxygen atoms in total. The number of rotatable bonds is 3. The van der Waals surface area contributed by atoms with Crippen LogP contribution in [-0.4, -0.2) is 6.04 Å². The van der Waals surface area contributed by atoms with E-state index in [0.717, 1.165) is 12.8 Å². The summed E-state index contributed by atoms with van der Waals surface area (Å²) in [6.45, 7) is 10.3. The molecule has 1 radical (unpaired) electrons. The van der Waals surface area contributed by atoms with Gasteiger partial charge in [0.25, 0.3) is 0 Å². The molecule has 0 amide bonds. The van der Waals surface area contributed by atoms with E-state index in [4.69, 9.17) is 5.73 Å². The minimum atomic E-state index is 0.217. The van der Waals surface area contributed by atoms with Crippen LogP contribution in [0.25, 0.3) is 0 Å². The normalized spacial score (nSPS) is 15.7. The van der Waals surface area contributed by atoms with Gasteiger partial charge in [0.2, 0.25) is 0 Å². The molecule has 0 aromatic heterocycles. The van der Waals surface area contributed by atoms with Crippen molar-refractivity contribution in [3.63, 3.8) is 0 Å². The molecule has 1 heteroatoms. The van der Waals surface area contributed by atoms with E-state index in [0.29, 0.717) is 6.04 Å². The minimum absolute atomic E-state index is 0.217. The maximum atomic E-state index is 5.82. The largest absolute Gasteiger partial charge is 0.327 e. The van der Waals surface area contributed by atoms with Crippen LogP contribution in [0.1, 0.15) is 33.6 Å². The van der Waals surface area contributed by atoms with Crippen LogP contribution in [0, 0.1) is 12.3 Å². The van der Waals surface area contributed by atoms with Gasteiger partial charge < -0.3 is 5.73 Å². The van der Waals surface area contributed by atoms with Crippen LogP contribution in [-0.2, 0) is 0 Å². The monoisotopic (exact) mass is 128 g/mol. The Hall–Kier alpha value is -0.0400. The van der Waals surface area contributed by atoms with E-state index >= 15 is 0 Å². The third kappa shape index (κ3) is 2.35. The van der Waals surface area contributed by atoms with Gasteiger partial charge in [-0.2, -0.15) is 0 Å². The Bertz CT molecular complexity index is 76.6. The van der Waals surface area contributed by atoms with Crippen LogP contribution >= 0.6 is 0 Å². The van der Waals surface area contributed by atoms with Gasteiger partial charge in [0.05, 0.1) is 0 Å². The fourth-order valence-electron chi connectivity index (χ4n) is 0.738. The summed E-state index contributed by atoms with van der Waals surface area (Å²) in [6, 6.07) is 0.301. The summed E-state index contributed by atoms with van der Waals surface area (Å²) in [5.41, 5.74) is 6.04. The summed E-state index contributed by atoms with van der Waals surface area (Å²) < 4.78 is 0. The Morgan fingerprint density at radius 2 is 2.00 bits per heavy atom. The zero-order valence-electron chi connectivity index (χ0n) is 6.78. The third-order valence-corrected chi connectivity index (χ3v) is 2.09. The molecule has 1 unspecified atom stereocenters. The first kappa shape index (κ1) is 8.96. The van der Waals surface area contributed by atoms with E-state index in [-0.39, 0.29) is 5.41 Å². The molecular weight excluding hydrogens is 110 g/mol. The van der Waals surface area contributed by atoms with Crippen molar-refractivity contribution in [2.45, 2.75) is 39.7 Å². The third-order valence-electron chi connectivity index (χ3n) is 2.09. The van der Waals surface area contributed by atoms with Crippen LogP contribution in [0.3, 0.4) is 0 Å². The number of hydrogen-bond donors (Lipinski definition) is 1. The van der Waals surface area contributed by atoms with Crippen molar-refractivity contribution >= 4 is 0 Å². The predicted molar refractivity (Wildman–Crippen MR) is 42.0 cm³/mol. The van der Waals surface area contributed by atoms with Crippen molar-refractivity contribution in [3.05, 3.63) is 6.92 Å². The van der Waals surface area contributed by atoms with E-state index in [2.05, 4.69) is 27.7 Å². The van der Waals surface area contributed by atoms with Crippen LogP contribution in [0.4, 0.5) is 0 Å². The smallest absolute Gasteiger partial charge is 0.00876 e. The summed E-state index contributed by atoms with van der Waals surface area (Å²) in [6.07, 6.45) is 1.96. The molecule has 9 heavy (non-hydrogen) atoms. The van der Waals surface area contributed by atoms with Gasteiger partial charge in [0.15, 0.2) is 0 Å². The van der Waals surface area contributed by atoms with Crippen molar-refractivity contribution in [2.24, 2.45) is 11.1 Å². The summed E-state index contributed by atoms with van der Waals surface area (Å²) in [4.78, 5) is 0. The summed E-state index contributed by atoms with van der Waals surface area (Å²) >= 11 is 0. The molecular formula is C8H18N. The number of hydrogen-bond acceptors (Lipinski definition) is 1. The molecule has 0 aliphatic rings. The lowest BCUT2D eigenvalue weighted by molar-refractivity contribution is 0.281. The van der Waals surface area contributed by atoms with E-state index in [1.807, 2.05) is 0 Å². The molecule has 0 aliphatic carbocycles. The lowest BCUT2D eigenvalue weighted by Crippen LogP contribution is -2.36. The van der Waals surface area contributed by atoms with Gasteiger partial charge in [-0.3, -0.25) is 0 Å². The van der Waals surface area contributed by atoms with Gasteiger partial charge >= 0.3 is 0 Å². The highest BCUT2D eigenvalue weighted by atomic mass is 14.7. The molecule has 0 spiro atoms. The molecule has 0 fully saturated rings. The zero-order valence-corrected chi connectivity index (χ0v) is 6.78. The molecule has 1 atom stereocenters. The maximum absolute atomic E-state index is 5.82. The van der Waals surface area contributed by atoms with Crippen LogP contribution < -0.4 is 5.73 Å². The van der Waals surface area contributed by atoms with Gasteiger partial charge in [-0.1, -0.05) is 27.7 Å². The van der Waals surface area contributed by atoms with Gasteiger partial charge in [-0.05, 0) is 18.3 Å². The molecule has 0 aromatic rings. The molecule has 0 rings (SSSR count). The average molecular weight is 128 g/mol. The highest BCUT2D eigenvalue weighted by Crippen LogP contribution is 2.24. The topological polar surface area (TPSA) is 26.0 Å². The van der Waals surface area contributed by atoms with Gasteiger partial charge in [-0.25, -0.2) is 0 Å². The molecule has 0 saturated heterocycles. The Kier molecular flexibility index (Phi) is 3.20. The quantitative estimate of drug-likeness (QED) is 0.618. The van der Waals surface area contributed by atoms with Gasteiger partial charge in [0, 0.05) is 6.04 Å². The van der Waals surface area contributed by atoms with Gasteiger partial charge in [-0.15, -0.1) is 0 Å². The second kappa shape index (κ2) is 3.21. The highest BCUT2D eigenvalue weighted by Gasteiger charge is 2.21. The Balaban J connectivity index is 3.80. The van der Waals surface area contributed by atoms with E-state index in [1.165, 1.54) is 0 Å². The van der Waals surface area contributed by atoms with Crippen LogP contribution in [0.15, 0.2) is 0 Å². The van der Waals surface area contributed by atoms with E-state index in [1.54, 1.807) is 0 Å². The first-order chi connectivity index (χ1) is 4.04. The van der Waals surface area contributed by atoms with E-state index < -0.39 is 0 Å². The first-order valence-corrected chi connectivity index (χ1v) is 3.59. The van der Waals surface area contributed by atoms with Crippen molar-refractivity contribution in [1.29, 1.82) is 0 Å². The van der Waals surface area contributed by atoms with Crippen molar-refractivity contribution < 1.29 is 0 Å². The summed E-state index contributed by atoms with van der Waals surface area (Å²) in [5, 5.41) is 0. The summed E-state index contributed by atoms with van der Waals surface area (Å²) in [7, 11) is 0. The van der Waals surface area contributed by atoms with Gasteiger partial charge in [0.1, 0.15) is 0 Å². The lowest BCUT2D eigenvalue weighted by Gasteiger charge is -2.29. The van der Waals surface area contributed by atoms with Crippen molar-refractivity contribution in [2.75, 3.05) is 0 Å². The molecule has 0 aromatic carbocycles. The molecule has 55 valence electrons. The molecule has 0 heterocycles. The van der Waals surface area contributed by atoms with Crippen molar-refractivity contribution in [1.82, 2.24) is 0 Å². The number of nitrogens with two attached hydrogens (primary N) is 1. The Morgan fingerprint density at radius 1 is 1.56 bits per heavy atom. The summed E-state index contributed by atoms with van der Waals surface area (Å²) in [5.74, 6) is 0. The van der Waals surface area contributed by atoms with Crippen molar-refractivity contribution in [3.8, 4) is 0 Å². The molecule has 0 saturated carbocycles. The average Bonchev–Trinajstić information content (AvgIpc) is 1.86. The first-order valence-electron chi connectivity index (χ1n) is 3.59. The molecule has 0 bridgehead atoms. The highest BCUT2D eigenvalue weighted by molar-refractivity contribution is 4.80.